The zero-order valence-corrected chi connectivity index (χ0v) is 10.7. The van der Waals surface area contributed by atoms with Crippen molar-refractivity contribution in [2.75, 3.05) is 38.2 Å². The average molecular weight is 253 g/mol. The largest absolute Gasteiger partial charge is 0.495 e. The lowest BCUT2D eigenvalue weighted by Gasteiger charge is -2.20. The van der Waals surface area contributed by atoms with Crippen LogP contribution >= 0.6 is 11.6 Å². The SMILES string of the molecule is COc1cc(N2CC3CNCC3C2)ccc1Cl. The molecular formula is C13H17ClN2O. The van der Waals surface area contributed by atoms with Crippen LogP contribution in [0.25, 0.3) is 0 Å². The molecule has 17 heavy (non-hydrogen) atoms. The van der Waals surface area contributed by atoms with Gasteiger partial charge in [0.1, 0.15) is 5.75 Å². The van der Waals surface area contributed by atoms with E-state index in [9.17, 15) is 0 Å². The molecule has 2 aliphatic rings. The van der Waals surface area contributed by atoms with Gasteiger partial charge in [-0.3, -0.25) is 0 Å². The van der Waals surface area contributed by atoms with Crippen LogP contribution in [0.3, 0.4) is 0 Å². The maximum atomic E-state index is 6.05. The van der Waals surface area contributed by atoms with Crippen molar-refractivity contribution in [3.05, 3.63) is 23.2 Å². The molecule has 0 radical (unpaired) electrons. The molecule has 2 fully saturated rings. The number of ether oxygens (including phenoxy) is 1. The standard InChI is InChI=1S/C13H17ClN2O/c1-17-13-4-11(2-3-12(13)14)16-7-9-5-15-6-10(9)8-16/h2-4,9-10,15H,5-8H2,1H3. The molecule has 0 spiro atoms. The van der Waals surface area contributed by atoms with Gasteiger partial charge in [0.25, 0.3) is 0 Å². The van der Waals surface area contributed by atoms with Crippen LogP contribution in [-0.2, 0) is 0 Å². The van der Waals surface area contributed by atoms with E-state index in [1.165, 1.54) is 5.69 Å². The number of rotatable bonds is 2. The summed E-state index contributed by atoms with van der Waals surface area (Å²) in [5.74, 6) is 2.37. The minimum atomic E-state index is 0.678. The molecule has 92 valence electrons. The van der Waals surface area contributed by atoms with Crippen LogP contribution in [0, 0.1) is 11.8 Å². The Balaban J connectivity index is 1.81. The molecule has 1 N–H and O–H groups in total. The van der Waals surface area contributed by atoms with E-state index in [-0.39, 0.29) is 0 Å². The van der Waals surface area contributed by atoms with Crippen molar-refractivity contribution >= 4 is 17.3 Å². The van der Waals surface area contributed by atoms with E-state index in [1.54, 1.807) is 7.11 Å². The number of anilines is 1. The van der Waals surface area contributed by atoms with Gasteiger partial charge in [-0.2, -0.15) is 0 Å². The average Bonchev–Trinajstić information content (AvgIpc) is 2.90. The van der Waals surface area contributed by atoms with Crippen LogP contribution in [0.1, 0.15) is 0 Å². The van der Waals surface area contributed by atoms with Gasteiger partial charge < -0.3 is 15.0 Å². The molecular weight excluding hydrogens is 236 g/mol. The lowest BCUT2D eigenvalue weighted by molar-refractivity contribution is 0.415. The summed E-state index contributed by atoms with van der Waals surface area (Å²) in [6, 6.07) is 6.04. The Bertz CT molecular complexity index is 412. The normalized spacial score (nSPS) is 27.3. The molecule has 2 atom stereocenters. The molecule has 0 saturated carbocycles. The van der Waals surface area contributed by atoms with Crippen molar-refractivity contribution in [1.29, 1.82) is 0 Å². The monoisotopic (exact) mass is 252 g/mol. The van der Waals surface area contributed by atoms with Crippen LogP contribution in [0.4, 0.5) is 5.69 Å². The minimum Gasteiger partial charge on any atom is -0.495 e. The second-order valence-electron chi connectivity index (χ2n) is 4.90. The number of benzene rings is 1. The highest BCUT2D eigenvalue weighted by molar-refractivity contribution is 6.32. The highest BCUT2D eigenvalue weighted by Crippen LogP contribution is 2.34. The van der Waals surface area contributed by atoms with Gasteiger partial charge in [0, 0.05) is 37.9 Å². The number of hydrogen-bond donors (Lipinski definition) is 1. The highest BCUT2D eigenvalue weighted by Gasteiger charge is 2.36. The van der Waals surface area contributed by atoms with E-state index < -0.39 is 0 Å². The van der Waals surface area contributed by atoms with Gasteiger partial charge in [-0.25, -0.2) is 0 Å². The molecule has 2 unspecified atom stereocenters. The van der Waals surface area contributed by atoms with Gasteiger partial charge in [0.05, 0.1) is 12.1 Å². The Kier molecular flexibility index (Phi) is 2.89. The van der Waals surface area contributed by atoms with Crippen molar-refractivity contribution < 1.29 is 4.74 Å². The lowest BCUT2D eigenvalue weighted by Crippen LogP contribution is -2.25. The second-order valence-corrected chi connectivity index (χ2v) is 5.31. The summed E-state index contributed by atoms with van der Waals surface area (Å²) in [7, 11) is 1.66. The Hall–Kier alpha value is -0.930. The van der Waals surface area contributed by atoms with E-state index in [1.807, 2.05) is 12.1 Å². The van der Waals surface area contributed by atoms with Gasteiger partial charge in [-0.05, 0) is 24.0 Å². The first-order chi connectivity index (χ1) is 8.28. The summed E-state index contributed by atoms with van der Waals surface area (Å²) >= 11 is 6.05. The molecule has 2 saturated heterocycles. The van der Waals surface area contributed by atoms with Crippen LogP contribution in [0.15, 0.2) is 18.2 Å². The summed E-state index contributed by atoms with van der Waals surface area (Å²) in [5.41, 5.74) is 1.22. The third kappa shape index (κ3) is 1.98. The minimum absolute atomic E-state index is 0.678. The fourth-order valence-electron chi connectivity index (χ4n) is 2.91. The third-order valence-electron chi connectivity index (χ3n) is 3.89. The van der Waals surface area contributed by atoms with Crippen LogP contribution in [-0.4, -0.2) is 33.3 Å². The molecule has 2 heterocycles. The summed E-state index contributed by atoms with van der Waals surface area (Å²) < 4.78 is 5.27. The van der Waals surface area contributed by atoms with Gasteiger partial charge in [-0.15, -0.1) is 0 Å². The maximum Gasteiger partial charge on any atom is 0.139 e. The van der Waals surface area contributed by atoms with Crippen molar-refractivity contribution in [3.8, 4) is 5.75 Å². The Morgan fingerprint density at radius 3 is 2.65 bits per heavy atom. The third-order valence-corrected chi connectivity index (χ3v) is 4.20. The quantitative estimate of drug-likeness (QED) is 0.872. The molecule has 0 aliphatic carbocycles. The molecule has 0 amide bonds. The van der Waals surface area contributed by atoms with Gasteiger partial charge in [0.15, 0.2) is 0 Å². The van der Waals surface area contributed by atoms with Crippen LogP contribution in [0.5, 0.6) is 5.75 Å². The van der Waals surface area contributed by atoms with Gasteiger partial charge in [0.2, 0.25) is 0 Å². The van der Waals surface area contributed by atoms with Gasteiger partial charge >= 0.3 is 0 Å². The van der Waals surface area contributed by atoms with E-state index in [0.29, 0.717) is 5.02 Å². The predicted molar refractivity (Wildman–Crippen MR) is 70.1 cm³/mol. The zero-order valence-electron chi connectivity index (χ0n) is 9.95. The predicted octanol–water partition coefficient (Wildman–Crippen LogP) is 2.00. The summed E-state index contributed by atoms with van der Waals surface area (Å²) in [5, 5.41) is 4.13. The molecule has 0 aromatic heterocycles. The number of nitrogens with zero attached hydrogens (tertiary/aromatic N) is 1. The van der Waals surface area contributed by atoms with Crippen LogP contribution in [0.2, 0.25) is 5.02 Å². The fourth-order valence-corrected chi connectivity index (χ4v) is 3.11. The maximum absolute atomic E-state index is 6.05. The fraction of sp³-hybridized carbons (Fsp3) is 0.538. The topological polar surface area (TPSA) is 24.5 Å². The zero-order chi connectivity index (χ0) is 11.8. The molecule has 3 rings (SSSR count). The molecule has 1 aromatic rings. The first kappa shape index (κ1) is 11.2. The number of fused-ring (bicyclic) bond motifs is 1. The lowest BCUT2D eigenvalue weighted by atomic mass is 10.0. The number of methoxy groups -OCH3 is 1. The Morgan fingerprint density at radius 2 is 2.00 bits per heavy atom. The number of hydrogen-bond acceptors (Lipinski definition) is 3. The molecule has 3 nitrogen and oxygen atoms in total. The van der Waals surface area contributed by atoms with Crippen LogP contribution < -0.4 is 15.0 Å². The molecule has 2 aliphatic heterocycles. The van der Waals surface area contributed by atoms with Crippen molar-refractivity contribution in [3.63, 3.8) is 0 Å². The first-order valence-electron chi connectivity index (χ1n) is 6.07. The molecule has 0 bridgehead atoms. The van der Waals surface area contributed by atoms with Crippen molar-refractivity contribution in [2.24, 2.45) is 11.8 Å². The van der Waals surface area contributed by atoms with E-state index in [2.05, 4.69) is 16.3 Å². The summed E-state index contributed by atoms with van der Waals surface area (Å²) in [6.45, 7) is 4.60. The Labute approximate surface area is 107 Å². The molecule has 1 aromatic carbocycles. The first-order valence-corrected chi connectivity index (χ1v) is 6.45. The highest BCUT2D eigenvalue weighted by atomic mass is 35.5. The summed E-state index contributed by atoms with van der Waals surface area (Å²) in [6.07, 6.45) is 0. The summed E-state index contributed by atoms with van der Waals surface area (Å²) in [4.78, 5) is 2.44. The smallest absolute Gasteiger partial charge is 0.139 e. The molecule has 4 heteroatoms. The van der Waals surface area contributed by atoms with Crippen molar-refractivity contribution in [2.45, 2.75) is 0 Å². The van der Waals surface area contributed by atoms with E-state index in [4.69, 9.17) is 16.3 Å². The van der Waals surface area contributed by atoms with E-state index >= 15 is 0 Å². The van der Waals surface area contributed by atoms with Crippen molar-refractivity contribution in [1.82, 2.24) is 5.32 Å². The van der Waals surface area contributed by atoms with Gasteiger partial charge in [-0.1, -0.05) is 11.6 Å². The number of nitrogens with one attached hydrogen (secondary N) is 1. The Morgan fingerprint density at radius 1 is 1.29 bits per heavy atom. The van der Waals surface area contributed by atoms with E-state index in [0.717, 1.165) is 43.8 Å². The number of halogens is 1. The second kappa shape index (κ2) is 4.39.